The zero-order valence-corrected chi connectivity index (χ0v) is 11.2. The van der Waals surface area contributed by atoms with Crippen molar-refractivity contribution in [3.05, 3.63) is 29.8 Å². The van der Waals surface area contributed by atoms with E-state index in [1.54, 1.807) is 6.92 Å². The van der Waals surface area contributed by atoms with Crippen molar-refractivity contribution in [2.75, 3.05) is 13.2 Å². The third kappa shape index (κ3) is 3.37. The molecule has 4 nitrogen and oxygen atoms in total. The van der Waals surface area contributed by atoms with Crippen molar-refractivity contribution >= 4 is 18.3 Å². The molecule has 0 saturated carbocycles. The highest BCUT2D eigenvalue weighted by atomic mass is 35.5. The summed E-state index contributed by atoms with van der Waals surface area (Å²) in [5, 5.41) is 2.87. The second-order valence-electron chi connectivity index (χ2n) is 4.41. The lowest BCUT2D eigenvalue weighted by atomic mass is 9.93. The molecule has 0 bridgehead atoms. The van der Waals surface area contributed by atoms with Crippen LogP contribution in [0, 0.1) is 0 Å². The zero-order chi connectivity index (χ0) is 12.3. The van der Waals surface area contributed by atoms with Crippen LogP contribution in [0.1, 0.15) is 24.8 Å². The molecule has 0 spiro atoms. The molecule has 5 heteroatoms. The van der Waals surface area contributed by atoms with E-state index in [1.165, 1.54) is 5.56 Å². The number of carbonyl (C=O) groups excluding carboxylic acids is 1. The number of hydrogen-bond acceptors (Lipinski definition) is 3. The SMILES string of the molecule is C[C@@H](N)C(=O)NCC1CCOc2ccccc21.Cl. The van der Waals surface area contributed by atoms with Gasteiger partial charge < -0.3 is 15.8 Å². The molecule has 2 atom stereocenters. The molecule has 1 aromatic carbocycles. The van der Waals surface area contributed by atoms with Crippen molar-refractivity contribution in [2.45, 2.75) is 25.3 Å². The summed E-state index contributed by atoms with van der Waals surface area (Å²) < 4.78 is 5.57. The maximum atomic E-state index is 11.4. The molecule has 1 aliphatic heterocycles. The molecule has 0 aromatic heterocycles. The van der Waals surface area contributed by atoms with Gasteiger partial charge in [-0.25, -0.2) is 0 Å². The van der Waals surface area contributed by atoms with Crippen LogP contribution < -0.4 is 15.8 Å². The van der Waals surface area contributed by atoms with Crippen LogP contribution in [0.15, 0.2) is 24.3 Å². The Hall–Kier alpha value is -1.26. The number of ether oxygens (including phenoxy) is 1. The Labute approximate surface area is 113 Å². The monoisotopic (exact) mass is 270 g/mol. The quantitative estimate of drug-likeness (QED) is 0.874. The third-order valence-corrected chi connectivity index (χ3v) is 3.02. The molecule has 1 aromatic rings. The minimum Gasteiger partial charge on any atom is -0.493 e. The van der Waals surface area contributed by atoms with Gasteiger partial charge in [-0.05, 0) is 25.0 Å². The summed E-state index contributed by atoms with van der Waals surface area (Å²) in [4.78, 5) is 11.4. The maximum Gasteiger partial charge on any atom is 0.236 e. The first kappa shape index (κ1) is 14.8. The molecule has 18 heavy (non-hydrogen) atoms. The van der Waals surface area contributed by atoms with Gasteiger partial charge in [-0.15, -0.1) is 12.4 Å². The lowest BCUT2D eigenvalue weighted by Crippen LogP contribution is -2.40. The lowest BCUT2D eigenvalue weighted by Gasteiger charge is -2.26. The molecule has 100 valence electrons. The fourth-order valence-electron chi connectivity index (χ4n) is 2.01. The van der Waals surface area contributed by atoms with Crippen molar-refractivity contribution in [1.82, 2.24) is 5.32 Å². The minimum atomic E-state index is -0.454. The second-order valence-corrected chi connectivity index (χ2v) is 4.41. The van der Waals surface area contributed by atoms with Crippen molar-refractivity contribution < 1.29 is 9.53 Å². The molecule has 0 fully saturated rings. The minimum absolute atomic E-state index is 0. The highest BCUT2D eigenvalue weighted by Gasteiger charge is 2.21. The van der Waals surface area contributed by atoms with Gasteiger partial charge in [0.05, 0.1) is 12.6 Å². The van der Waals surface area contributed by atoms with Crippen molar-refractivity contribution in [3.63, 3.8) is 0 Å². The van der Waals surface area contributed by atoms with E-state index >= 15 is 0 Å². The van der Waals surface area contributed by atoms with E-state index in [9.17, 15) is 4.79 Å². The second kappa shape index (κ2) is 6.61. The number of halogens is 1. The molecular weight excluding hydrogens is 252 g/mol. The topological polar surface area (TPSA) is 64.4 Å². The fourth-order valence-corrected chi connectivity index (χ4v) is 2.01. The van der Waals surface area contributed by atoms with Gasteiger partial charge in [-0.1, -0.05) is 18.2 Å². The van der Waals surface area contributed by atoms with Crippen LogP contribution in [0.25, 0.3) is 0 Å². The van der Waals surface area contributed by atoms with Crippen LogP contribution >= 0.6 is 12.4 Å². The Balaban J connectivity index is 0.00000162. The van der Waals surface area contributed by atoms with Crippen LogP contribution in [0.2, 0.25) is 0 Å². The highest BCUT2D eigenvalue weighted by molar-refractivity contribution is 5.85. The number of rotatable bonds is 3. The predicted octanol–water partition coefficient (Wildman–Crippen LogP) is 1.44. The number of carbonyl (C=O) groups is 1. The van der Waals surface area contributed by atoms with Crippen molar-refractivity contribution in [2.24, 2.45) is 5.73 Å². The van der Waals surface area contributed by atoms with Crippen molar-refractivity contribution in [3.8, 4) is 5.75 Å². The Morgan fingerprint density at radius 1 is 1.56 bits per heavy atom. The summed E-state index contributed by atoms with van der Waals surface area (Å²) in [6.07, 6.45) is 0.927. The van der Waals surface area contributed by atoms with Crippen molar-refractivity contribution in [1.29, 1.82) is 0 Å². The molecule has 0 aliphatic carbocycles. The van der Waals surface area contributed by atoms with E-state index in [0.29, 0.717) is 19.1 Å². The number of nitrogens with one attached hydrogen (secondary N) is 1. The van der Waals surface area contributed by atoms with E-state index in [0.717, 1.165) is 12.2 Å². The van der Waals surface area contributed by atoms with E-state index in [-0.39, 0.29) is 18.3 Å². The largest absolute Gasteiger partial charge is 0.493 e. The van der Waals surface area contributed by atoms with E-state index in [2.05, 4.69) is 11.4 Å². The number of benzene rings is 1. The number of fused-ring (bicyclic) bond motifs is 1. The van der Waals surface area contributed by atoms with Gasteiger partial charge in [0.1, 0.15) is 5.75 Å². The van der Waals surface area contributed by atoms with Crippen LogP contribution in [0.4, 0.5) is 0 Å². The number of hydrogen-bond donors (Lipinski definition) is 2. The summed E-state index contributed by atoms with van der Waals surface area (Å²) in [6.45, 7) is 3.02. The molecule has 0 saturated heterocycles. The standard InChI is InChI=1S/C13H18N2O2.ClH/c1-9(14)13(16)15-8-10-6-7-17-12-5-3-2-4-11(10)12;/h2-5,9-10H,6-8,14H2,1H3,(H,15,16);1H/t9-,10?;/m1./s1. The Bertz CT molecular complexity index is 410. The molecule has 3 N–H and O–H groups in total. The van der Waals surface area contributed by atoms with Gasteiger partial charge in [0.2, 0.25) is 5.91 Å². The van der Waals surface area contributed by atoms with Gasteiger partial charge in [-0.3, -0.25) is 4.79 Å². The van der Waals surface area contributed by atoms with E-state index < -0.39 is 6.04 Å². The first-order chi connectivity index (χ1) is 8.18. The molecule has 1 aliphatic rings. The molecule has 1 amide bonds. The first-order valence-electron chi connectivity index (χ1n) is 5.93. The molecule has 1 unspecified atom stereocenters. The number of nitrogens with two attached hydrogens (primary N) is 1. The van der Waals surface area contributed by atoms with Gasteiger partial charge in [0.25, 0.3) is 0 Å². The summed E-state index contributed by atoms with van der Waals surface area (Å²) >= 11 is 0. The molecule has 2 rings (SSSR count). The summed E-state index contributed by atoms with van der Waals surface area (Å²) in [7, 11) is 0. The number of amides is 1. The van der Waals surface area contributed by atoms with Gasteiger partial charge in [0.15, 0.2) is 0 Å². The van der Waals surface area contributed by atoms with Crippen LogP contribution in [0.5, 0.6) is 5.75 Å². The summed E-state index contributed by atoms with van der Waals surface area (Å²) in [5.74, 6) is 1.15. The predicted molar refractivity (Wildman–Crippen MR) is 73.2 cm³/mol. The third-order valence-electron chi connectivity index (χ3n) is 3.02. The maximum absolute atomic E-state index is 11.4. The molecule has 1 heterocycles. The summed E-state index contributed by atoms with van der Waals surface area (Å²) in [6, 6.07) is 7.52. The van der Waals surface area contributed by atoms with Crippen LogP contribution in [-0.4, -0.2) is 25.1 Å². The van der Waals surface area contributed by atoms with E-state index in [4.69, 9.17) is 10.5 Å². The van der Waals surface area contributed by atoms with Gasteiger partial charge in [-0.2, -0.15) is 0 Å². The van der Waals surface area contributed by atoms with Crippen LogP contribution in [0.3, 0.4) is 0 Å². The van der Waals surface area contributed by atoms with Gasteiger partial charge in [0, 0.05) is 12.5 Å². The molecular formula is C13H19ClN2O2. The first-order valence-corrected chi connectivity index (χ1v) is 5.93. The van der Waals surface area contributed by atoms with Crippen LogP contribution in [-0.2, 0) is 4.79 Å². The smallest absolute Gasteiger partial charge is 0.236 e. The average molecular weight is 271 g/mol. The Kier molecular flexibility index (Phi) is 5.44. The fraction of sp³-hybridized carbons (Fsp3) is 0.462. The Morgan fingerprint density at radius 3 is 3.00 bits per heavy atom. The number of para-hydroxylation sites is 1. The van der Waals surface area contributed by atoms with E-state index in [1.807, 2.05) is 18.2 Å². The summed E-state index contributed by atoms with van der Waals surface area (Å²) in [5.41, 5.74) is 6.68. The average Bonchev–Trinajstić information content (AvgIpc) is 2.35. The van der Waals surface area contributed by atoms with Gasteiger partial charge >= 0.3 is 0 Å². The normalized spacial score (nSPS) is 18.9. The lowest BCUT2D eigenvalue weighted by molar-refractivity contribution is -0.122. The zero-order valence-electron chi connectivity index (χ0n) is 10.4. The highest BCUT2D eigenvalue weighted by Crippen LogP contribution is 2.32. The Morgan fingerprint density at radius 2 is 2.28 bits per heavy atom. The molecule has 0 radical (unpaired) electrons.